The largest absolute Gasteiger partial charge is 0.373 e. The summed E-state index contributed by atoms with van der Waals surface area (Å²) in [4.78, 5) is 16.1. The van der Waals surface area contributed by atoms with Gasteiger partial charge in [-0.05, 0) is 12.1 Å². The average Bonchev–Trinajstić information content (AvgIpc) is 2.84. The van der Waals surface area contributed by atoms with Gasteiger partial charge in [0.15, 0.2) is 0 Å². The molecule has 7 nitrogen and oxygen atoms in total. The predicted octanol–water partition coefficient (Wildman–Crippen LogP) is 0.224. The number of aromatic nitrogens is 4. The van der Waals surface area contributed by atoms with Crippen molar-refractivity contribution in [1.29, 1.82) is 0 Å². The van der Waals surface area contributed by atoms with Gasteiger partial charge in [0.25, 0.3) is 5.91 Å². The first-order chi connectivity index (χ1) is 9.20. The molecule has 0 aromatic carbocycles. The third-order valence-corrected chi connectivity index (χ3v) is 2.68. The molecule has 0 unspecified atom stereocenters. The molecule has 2 aromatic heterocycles. The summed E-state index contributed by atoms with van der Waals surface area (Å²) in [5.74, 6) is 1.30. The van der Waals surface area contributed by atoms with E-state index >= 15 is 0 Å². The molecule has 2 heterocycles. The number of amides is 1. The average molecular weight is 260 g/mol. The lowest BCUT2D eigenvalue weighted by atomic mass is 10.3. The highest BCUT2D eigenvalue weighted by Gasteiger charge is 2.08. The second kappa shape index (κ2) is 5.94. The molecular weight excluding hydrogens is 244 g/mol. The normalized spacial score (nSPS) is 10.2. The van der Waals surface area contributed by atoms with Gasteiger partial charge in [0.2, 0.25) is 0 Å². The van der Waals surface area contributed by atoms with E-state index in [9.17, 15) is 4.79 Å². The van der Waals surface area contributed by atoms with E-state index in [2.05, 4.69) is 25.8 Å². The van der Waals surface area contributed by atoms with Crippen LogP contribution in [-0.4, -0.2) is 39.2 Å². The molecule has 0 fully saturated rings. The number of carbonyl (C=O) groups is 1. The van der Waals surface area contributed by atoms with Gasteiger partial charge in [-0.25, -0.2) is 4.98 Å². The number of hydrogen-bond donors (Lipinski definition) is 2. The molecule has 0 aliphatic heterocycles. The number of aryl methyl sites for hydroxylation is 1. The molecule has 0 spiro atoms. The first-order valence-corrected chi connectivity index (χ1v) is 5.96. The molecule has 100 valence electrons. The Morgan fingerprint density at radius 2 is 2.26 bits per heavy atom. The van der Waals surface area contributed by atoms with Crippen LogP contribution >= 0.6 is 0 Å². The van der Waals surface area contributed by atoms with Gasteiger partial charge in [0.05, 0.1) is 0 Å². The first kappa shape index (κ1) is 13.0. The zero-order valence-corrected chi connectivity index (χ0v) is 10.9. The second-order valence-electron chi connectivity index (χ2n) is 4.02. The predicted molar refractivity (Wildman–Crippen MR) is 70.8 cm³/mol. The fraction of sp³-hybridized carbons (Fsp3) is 0.333. The Hall–Kier alpha value is -2.44. The summed E-state index contributed by atoms with van der Waals surface area (Å²) in [5.41, 5.74) is 0.393. The number of rotatable bonds is 5. The van der Waals surface area contributed by atoms with E-state index in [4.69, 9.17) is 0 Å². The number of carbonyl (C=O) groups excluding carboxylic acids is 1. The van der Waals surface area contributed by atoms with Crippen LogP contribution in [0.1, 0.15) is 16.3 Å². The molecule has 0 saturated heterocycles. The van der Waals surface area contributed by atoms with Crippen LogP contribution in [0, 0.1) is 0 Å². The van der Waals surface area contributed by atoms with E-state index in [1.54, 1.807) is 31.6 Å². The van der Waals surface area contributed by atoms with Gasteiger partial charge in [0.1, 0.15) is 23.7 Å². The van der Waals surface area contributed by atoms with E-state index in [0.717, 1.165) is 5.82 Å². The zero-order valence-electron chi connectivity index (χ0n) is 10.9. The fourth-order valence-electron chi connectivity index (χ4n) is 1.61. The Kier molecular flexibility index (Phi) is 4.07. The van der Waals surface area contributed by atoms with E-state index in [1.807, 2.05) is 11.6 Å². The van der Waals surface area contributed by atoms with Crippen LogP contribution in [0.4, 0.5) is 5.82 Å². The quantitative estimate of drug-likeness (QED) is 0.803. The molecule has 2 rings (SSSR count). The molecule has 19 heavy (non-hydrogen) atoms. The van der Waals surface area contributed by atoms with Crippen molar-refractivity contribution in [1.82, 2.24) is 25.1 Å². The highest BCUT2D eigenvalue weighted by Crippen LogP contribution is 2.03. The molecular formula is C12H16N6O. The van der Waals surface area contributed by atoms with Crippen LogP contribution < -0.4 is 10.6 Å². The standard InChI is InChI=1S/C12H16N6O/c1-13-10-5-3-4-9(16-10)12(19)14-7-6-11-17-15-8-18(11)2/h3-5,8H,6-7H2,1-2H3,(H,13,16)(H,14,19). The van der Waals surface area contributed by atoms with Gasteiger partial charge in [-0.15, -0.1) is 10.2 Å². The van der Waals surface area contributed by atoms with Crippen molar-refractivity contribution in [3.05, 3.63) is 36.0 Å². The zero-order chi connectivity index (χ0) is 13.7. The van der Waals surface area contributed by atoms with Gasteiger partial charge in [0, 0.05) is 27.1 Å². The summed E-state index contributed by atoms with van der Waals surface area (Å²) >= 11 is 0. The molecule has 0 bridgehead atoms. The first-order valence-electron chi connectivity index (χ1n) is 5.96. The Balaban J connectivity index is 1.89. The van der Waals surface area contributed by atoms with E-state index in [1.165, 1.54) is 0 Å². The van der Waals surface area contributed by atoms with Crippen molar-refractivity contribution in [2.24, 2.45) is 7.05 Å². The van der Waals surface area contributed by atoms with Gasteiger partial charge < -0.3 is 15.2 Å². The fourth-order valence-corrected chi connectivity index (χ4v) is 1.61. The van der Waals surface area contributed by atoms with E-state index < -0.39 is 0 Å². The van der Waals surface area contributed by atoms with Gasteiger partial charge in [-0.3, -0.25) is 4.79 Å². The maximum atomic E-state index is 11.9. The minimum Gasteiger partial charge on any atom is -0.373 e. The van der Waals surface area contributed by atoms with Crippen LogP contribution in [-0.2, 0) is 13.5 Å². The summed E-state index contributed by atoms with van der Waals surface area (Å²) in [5, 5.41) is 13.4. The maximum Gasteiger partial charge on any atom is 0.269 e. The van der Waals surface area contributed by atoms with Crippen LogP contribution in [0.3, 0.4) is 0 Å². The number of hydrogen-bond acceptors (Lipinski definition) is 5. The van der Waals surface area contributed by atoms with Crippen molar-refractivity contribution in [3.8, 4) is 0 Å². The summed E-state index contributed by atoms with van der Waals surface area (Å²) in [6.07, 6.45) is 2.27. The van der Waals surface area contributed by atoms with E-state index in [0.29, 0.717) is 24.5 Å². The summed E-state index contributed by atoms with van der Waals surface area (Å²) in [7, 11) is 3.63. The SMILES string of the molecule is CNc1cccc(C(=O)NCCc2nncn2C)n1. The Bertz CT molecular complexity index is 565. The van der Waals surface area contributed by atoms with Crippen molar-refractivity contribution in [2.45, 2.75) is 6.42 Å². The molecule has 0 saturated carbocycles. The smallest absolute Gasteiger partial charge is 0.269 e. The molecule has 2 N–H and O–H groups in total. The van der Waals surface area contributed by atoms with Crippen molar-refractivity contribution in [2.75, 3.05) is 18.9 Å². The lowest BCUT2D eigenvalue weighted by Gasteiger charge is -2.05. The van der Waals surface area contributed by atoms with Crippen LogP contribution in [0.2, 0.25) is 0 Å². The summed E-state index contributed by atoms with van der Waals surface area (Å²) in [6, 6.07) is 5.27. The van der Waals surface area contributed by atoms with Crippen molar-refractivity contribution in [3.63, 3.8) is 0 Å². The third-order valence-electron chi connectivity index (χ3n) is 2.68. The Labute approximate surface area is 111 Å². The van der Waals surface area contributed by atoms with E-state index in [-0.39, 0.29) is 5.91 Å². The molecule has 0 radical (unpaired) electrons. The van der Waals surface area contributed by atoms with Gasteiger partial charge in [-0.1, -0.05) is 6.07 Å². The minimum atomic E-state index is -0.195. The van der Waals surface area contributed by atoms with Crippen molar-refractivity contribution < 1.29 is 4.79 Å². The molecule has 0 aliphatic rings. The molecule has 0 aliphatic carbocycles. The lowest BCUT2D eigenvalue weighted by Crippen LogP contribution is -2.27. The number of nitrogens with zero attached hydrogens (tertiary/aromatic N) is 4. The molecule has 2 aromatic rings. The molecule has 0 atom stereocenters. The highest BCUT2D eigenvalue weighted by molar-refractivity contribution is 5.92. The topological polar surface area (TPSA) is 84.7 Å². The lowest BCUT2D eigenvalue weighted by molar-refractivity contribution is 0.0949. The van der Waals surface area contributed by atoms with Gasteiger partial charge >= 0.3 is 0 Å². The number of nitrogens with one attached hydrogen (secondary N) is 2. The second-order valence-corrected chi connectivity index (χ2v) is 4.02. The Morgan fingerprint density at radius 3 is 2.95 bits per heavy atom. The highest BCUT2D eigenvalue weighted by atomic mass is 16.1. The molecule has 1 amide bonds. The summed E-state index contributed by atoms with van der Waals surface area (Å²) < 4.78 is 1.83. The van der Waals surface area contributed by atoms with Crippen molar-refractivity contribution >= 4 is 11.7 Å². The number of pyridine rings is 1. The Morgan fingerprint density at radius 1 is 1.42 bits per heavy atom. The van der Waals surface area contributed by atoms with Gasteiger partial charge in [-0.2, -0.15) is 0 Å². The maximum absolute atomic E-state index is 11.9. The monoisotopic (exact) mass is 260 g/mol. The van der Waals surface area contributed by atoms with Crippen LogP contribution in [0.15, 0.2) is 24.5 Å². The van der Waals surface area contributed by atoms with Crippen LogP contribution in [0.25, 0.3) is 0 Å². The minimum absolute atomic E-state index is 0.195. The molecule has 7 heteroatoms. The third kappa shape index (κ3) is 3.27. The number of anilines is 1. The van der Waals surface area contributed by atoms with Crippen LogP contribution in [0.5, 0.6) is 0 Å². The summed E-state index contributed by atoms with van der Waals surface area (Å²) in [6.45, 7) is 0.497.